The van der Waals surface area contributed by atoms with E-state index in [0.717, 1.165) is 44.3 Å². The minimum Gasteiger partial charge on any atom is -0.342 e. The summed E-state index contributed by atoms with van der Waals surface area (Å²) in [6.07, 6.45) is 3.83. The lowest BCUT2D eigenvalue weighted by Crippen LogP contribution is -2.51. The highest BCUT2D eigenvalue weighted by molar-refractivity contribution is 5.88. The van der Waals surface area contributed by atoms with Gasteiger partial charge in [-0.2, -0.15) is 0 Å². The molecular weight excluding hydrogens is 260 g/mol. The highest BCUT2D eigenvalue weighted by atomic mass is 16.2. The molecule has 1 aromatic carbocycles. The van der Waals surface area contributed by atoms with Gasteiger partial charge in [0.25, 0.3) is 0 Å². The summed E-state index contributed by atoms with van der Waals surface area (Å²) < 4.78 is 0. The summed E-state index contributed by atoms with van der Waals surface area (Å²) in [7, 11) is 2.01. The molecule has 1 aliphatic heterocycles. The van der Waals surface area contributed by atoms with Crippen LogP contribution in [-0.4, -0.2) is 37.0 Å². The van der Waals surface area contributed by atoms with Crippen molar-refractivity contribution >= 4 is 5.91 Å². The van der Waals surface area contributed by atoms with Crippen molar-refractivity contribution in [2.45, 2.75) is 51.0 Å². The maximum atomic E-state index is 13.2. The van der Waals surface area contributed by atoms with Crippen LogP contribution in [0, 0.1) is 0 Å². The Kier molecular flexibility index (Phi) is 5.40. The molecule has 0 saturated carbocycles. The number of nitrogens with one attached hydrogen (secondary N) is 1. The zero-order valence-electron chi connectivity index (χ0n) is 13.6. The summed E-state index contributed by atoms with van der Waals surface area (Å²) in [5.74, 6) is 0.313. The number of likely N-dealkylation sites (tertiary alicyclic amines) is 1. The first-order chi connectivity index (χ1) is 10.2. The van der Waals surface area contributed by atoms with Crippen molar-refractivity contribution < 1.29 is 4.79 Å². The van der Waals surface area contributed by atoms with E-state index in [1.165, 1.54) is 0 Å². The van der Waals surface area contributed by atoms with Gasteiger partial charge in [-0.25, -0.2) is 0 Å². The molecule has 1 heterocycles. The second-order valence-electron chi connectivity index (χ2n) is 6.01. The minimum atomic E-state index is -0.353. The van der Waals surface area contributed by atoms with E-state index in [0.29, 0.717) is 11.9 Å². The average Bonchev–Trinajstić information content (AvgIpc) is 2.57. The molecule has 2 rings (SSSR count). The van der Waals surface area contributed by atoms with E-state index >= 15 is 0 Å². The van der Waals surface area contributed by atoms with Crippen LogP contribution in [0.15, 0.2) is 30.3 Å². The van der Waals surface area contributed by atoms with Gasteiger partial charge in [-0.3, -0.25) is 4.79 Å². The number of hydrogen-bond donors (Lipinski definition) is 1. The van der Waals surface area contributed by atoms with E-state index in [1.54, 1.807) is 0 Å². The van der Waals surface area contributed by atoms with Crippen LogP contribution in [0.2, 0.25) is 0 Å². The van der Waals surface area contributed by atoms with Crippen molar-refractivity contribution in [3.05, 3.63) is 35.9 Å². The van der Waals surface area contributed by atoms with Crippen molar-refractivity contribution in [3.63, 3.8) is 0 Å². The number of piperidine rings is 1. The molecule has 0 atom stereocenters. The molecule has 0 unspecified atom stereocenters. The van der Waals surface area contributed by atoms with E-state index in [9.17, 15) is 4.79 Å². The molecule has 3 heteroatoms. The van der Waals surface area contributed by atoms with Gasteiger partial charge in [0.15, 0.2) is 0 Å². The number of hydrogen-bond acceptors (Lipinski definition) is 2. The first-order valence-corrected chi connectivity index (χ1v) is 8.20. The molecule has 116 valence electrons. The fourth-order valence-corrected chi connectivity index (χ4v) is 3.52. The monoisotopic (exact) mass is 288 g/mol. The highest BCUT2D eigenvalue weighted by Crippen LogP contribution is 2.34. The molecular formula is C18H28N2O. The fourth-order valence-electron chi connectivity index (χ4n) is 3.52. The Balaban J connectivity index is 2.21. The summed E-state index contributed by atoms with van der Waals surface area (Å²) in [6, 6.07) is 10.9. The van der Waals surface area contributed by atoms with Gasteiger partial charge >= 0.3 is 0 Å². The van der Waals surface area contributed by atoms with Crippen molar-refractivity contribution in [2.24, 2.45) is 0 Å². The van der Waals surface area contributed by atoms with Crippen LogP contribution in [0.25, 0.3) is 0 Å². The quantitative estimate of drug-likeness (QED) is 0.903. The maximum Gasteiger partial charge on any atom is 0.233 e. The molecule has 0 radical (unpaired) electrons. The van der Waals surface area contributed by atoms with Crippen LogP contribution in [-0.2, 0) is 10.2 Å². The first-order valence-electron chi connectivity index (χ1n) is 8.20. The van der Waals surface area contributed by atoms with Gasteiger partial charge in [0, 0.05) is 19.1 Å². The van der Waals surface area contributed by atoms with Crippen LogP contribution in [0.5, 0.6) is 0 Å². The molecule has 0 aromatic heterocycles. The fraction of sp³-hybridized carbons (Fsp3) is 0.611. The molecule has 0 aliphatic carbocycles. The summed E-state index contributed by atoms with van der Waals surface area (Å²) in [5.41, 5.74) is 0.809. The molecule has 1 saturated heterocycles. The number of rotatable bonds is 5. The average molecular weight is 288 g/mol. The predicted molar refractivity (Wildman–Crippen MR) is 87.4 cm³/mol. The smallest absolute Gasteiger partial charge is 0.233 e. The van der Waals surface area contributed by atoms with E-state index < -0.39 is 0 Å². The SMILES string of the molecule is CCC(CC)(C(=O)N1CCC(NC)CC1)c1ccccc1. The Hall–Kier alpha value is -1.35. The molecule has 0 bridgehead atoms. The maximum absolute atomic E-state index is 13.2. The largest absolute Gasteiger partial charge is 0.342 e. The Bertz CT molecular complexity index is 446. The van der Waals surface area contributed by atoms with Crippen LogP contribution < -0.4 is 5.32 Å². The van der Waals surface area contributed by atoms with Gasteiger partial charge in [0.1, 0.15) is 0 Å². The molecule has 1 aromatic rings. The third-order valence-electron chi connectivity index (χ3n) is 5.13. The lowest BCUT2D eigenvalue weighted by atomic mass is 9.74. The molecule has 1 amide bonds. The molecule has 0 spiro atoms. The second-order valence-corrected chi connectivity index (χ2v) is 6.01. The van der Waals surface area contributed by atoms with Gasteiger partial charge in [-0.15, -0.1) is 0 Å². The predicted octanol–water partition coefficient (Wildman–Crippen LogP) is 2.95. The van der Waals surface area contributed by atoms with E-state index in [4.69, 9.17) is 0 Å². The third kappa shape index (κ3) is 3.13. The number of carbonyl (C=O) groups excluding carboxylic acids is 1. The molecule has 3 nitrogen and oxygen atoms in total. The van der Waals surface area contributed by atoms with E-state index in [1.807, 2.05) is 25.2 Å². The lowest BCUT2D eigenvalue weighted by Gasteiger charge is -2.40. The van der Waals surface area contributed by atoms with Crippen LogP contribution in [0.1, 0.15) is 45.1 Å². The first kappa shape index (κ1) is 16.0. The van der Waals surface area contributed by atoms with Crippen molar-refractivity contribution in [3.8, 4) is 0 Å². The minimum absolute atomic E-state index is 0.313. The van der Waals surface area contributed by atoms with E-state index in [-0.39, 0.29) is 5.41 Å². The Labute approximate surface area is 128 Å². The van der Waals surface area contributed by atoms with E-state index in [2.05, 4.69) is 36.2 Å². The molecule has 1 aliphatic rings. The van der Waals surface area contributed by atoms with Gasteiger partial charge in [-0.1, -0.05) is 44.2 Å². The normalized spacial score (nSPS) is 17.0. The molecule has 1 fully saturated rings. The van der Waals surface area contributed by atoms with Gasteiger partial charge in [0.05, 0.1) is 5.41 Å². The topological polar surface area (TPSA) is 32.3 Å². The van der Waals surface area contributed by atoms with Crippen LogP contribution in [0.4, 0.5) is 0 Å². The Morgan fingerprint density at radius 3 is 2.24 bits per heavy atom. The number of benzene rings is 1. The second kappa shape index (κ2) is 7.08. The van der Waals surface area contributed by atoms with Crippen molar-refractivity contribution in [1.29, 1.82) is 0 Å². The summed E-state index contributed by atoms with van der Waals surface area (Å²) in [4.78, 5) is 15.3. The van der Waals surface area contributed by atoms with Crippen LogP contribution in [0.3, 0.4) is 0 Å². The zero-order valence-corrected chi connectivity index (χ0v) is 13.6. The molecule has 21 heavy (non-hydrogen) atoms. The number of amides is 1. The zero-order chi connectivity index (χ0) is 15.3. The summed E-state index contributed by atoms with van der Waals surface area (Å²) >= 11 is 0. The van der Waals surface area contributed by atoms with Gasteiger partial charge in [0.2, 0.25) is 5.91 Å². The standard InChI is InChI=1S/C18H28N2O/c1-4-18(5-2,15-9-7-6-8-10-15)17(21)20-13-11-16(19-3)12-14-20/h6-10,16,19H,4-5,11-14H2,1-3H3. The van der Waals surface area contributed by atoms with Crippen LogP contribution >= 0.6 is 0 Å². The van der Waals surface area contributed by atoms with Gasteiger partial charge in [-0.05, 0) is 38.3 Å². The Morgan fingerprint density at radius 1 is 1.19 bits per heavy atom. The number of carbonyl (C=O) groups is 1. The molecule has 1 N–H and O–H groups in total. The summed E-state index contributed by atoms with van der Waals surface area (Å²) in [6.45, 7) is 6.02. The highest BCUT2D eigenvalue weighted by Gasteiger charge is 2.40. The Morgan fingerprint density at radius 2 is 1.76 bits per heavy atom. The van der Waals surface area contributed by atoms with Gasteiger partial charge < -0.3 is 10.2 Å². The third-order valence-corrected chi connectivity index (χ3v) is 5.13. The lowest BCUT2D eigenvalue weighted by molar-refractivity contribution is -0.139. The summed E-state index contributed by atoms with van der Waals surface area (Å²) in [5, 5.41) is 3.32. The number of nitrogens with zero attached hydrogens (tertiary/aromatic N) is 1. The van der Waals surface area contributed by atoms with Crippen molar-refractivity contribution in [1.82, 2.24) is 10.2 Å². The van der Waals surface area contributed by atoms with Crippen molar-refractivity contribution in [2.75, 3.05) is 20.1 Å².